The summed E-state index contributed by atoms with van der Waals surface area (Å²) in [6, 6.07) is 0. The van der Waals surface area contributed by atoms with Crippen molar-refractivity contribution in [3.05, 3.63) is 46.6 Å². The van der Waals surface area contributed by atoms with Crippen molar-refractivity contribution in [1.29, 1.82) is 0 Å². The van der Waals surface area contributed by atoms with Crippen LogP contribution in [0.5, 0.6) is 0 Å². The Labute approximate surface area is 168 Å². The van der Waals surface area contributed by atoms with Crippen molar-refractivity contribution in [3.8, 4) is 0 Å². The number of hydrogen-bond donors (Lipinski definition) is 0. The Kier molecular flexibility index (Phi) is 7.88. The van der Waals surface area contributed by atoms with Crippen LogP contribution in [0, 0.1) is 0 Å². The molecule has 0 nitrogen and oxygen atoms in total. The Bertz CT molecular complexity index is 601. The minimum absolute atomic E-state index is 0. The van der Waals surface area contributed by atoms with Crippen LogP contribution in [0.3, 0.4) is 0 Å². The van der Waals surface area contributed by atoms with E-state index in [-0.39, 0.29) is 30.2 Å². The smallest absolute Gasteiger partial charge is 1.00 e. The monoisotopic (exact) mass is 456 g/mol. The summed E-state index contributed by atoms with van der Waals surface area (Å²) in [6.07, 6.45) is 21.8. The number of halogens is 2. The SMILES string of the molecule is C[Si](C)=[Zr]([CH]1C=CC2=C1CCCC2)[CH]1C=CC2=C1CCCC2.[Cl-].[Cl-]. The molecule has 2 atom stereocenters. The molecule has 0 amide bonds. The summed E-state index contributed by atoms with van der Waals surface area (Å²) in [4.78, 5) is 0. The van der Waals surface area contributed by atoms with Crippen LogP contribution in [0.4, 0.5) is 0 Å². The zero-order valence-corrected chi connectivity index (χ0v) is 19.8. The van der Waals surface area contributed by atoms with Gasteiger partial charge in [0.1, 0.15) is 0 Å². The summed E-state index contributed by atoms with van der Waals surface area (Å²) in [5, 5.41) is 0. The molecule has 4 rings (SSSR count). The minimum Gasteiger partial charge on any atom is -1.00 e. The Morgan fingerprint density at radius 2 is 1.17 bits per heavy atom. The maximum absolute atomic E-state index is 2.68. The van der Waals surface area contributed by atoms with Crippen LogP contribution in [0.2, 0.25) is 20.3 Å². The molecule has 0 aliphatic heterocycles. The van der Waals surface area contributed by atoms with Crippen molar-refractivity contribution in [3.63, 3.8) is 0 Å². The van der Waals surface area contributed by atoms with Crippen molar-refractivity contribution in [2.45, 2.75) is 71.7 Å². The minimum atomic E-state index is -1.48. The maximum Gasteiger partial charge on any atom is -1.00 e. The fraction of sp³-hybridized carbons (Fsp3) is 0.600. The van der Waals surface area contributed by atoms with Gasteiger partial charge in [0.15, 0.2) is 0 Å². The number of rotatable bonds is 2. The molecule has 4 aliphatic rings. The number of allylic oxidation sites excluding steroid dienone is 8. The first-order valence-electron chi connectivity index (χ1n) is 9.23. The normalized spacial score (nSPS) is 27.4. The van der Waals surface area contributed by atoms with Crippen LogP contribution in [-0.4, -0.2) is 5.43 Å². The summed E-state index contributed by atoms with van der Waals surface area (Å²) in [6.45, 7) is 5.29. The van der Waals surface area contributed by atoms with Gasteiger partial charge in [0.2, 0.25) is 0 Å². The first kappa shape index (κ1) is 20.9. The zero-order chi connectivity index (χ0) is 15.1. The van der Waals surface area contributed by atoms with E-state index < -0.39 is 20.4 Å². The Balaban J connectivity index is 0.00000104. The molecule has 0 saturated heterocycles. The molecule has 0 aromatic heterocycles. The Morgan fingerprint density at radius 1 is 0.750 bits per heavy atom. The van der Waals surface area contributed by atoms with Gasteiger partial charge in [-0.25, -0.2) is 0 Å². The first-order chi connectivity index (χ1) is 10.8. The molecule has 0 spiro atoms. The van der Waals surface area contributed by atoms with Gasteiger partial charge in [0, 0.05) is 0 Å². The van der Waals surface area contributed by atoms with Crippen LogP contribution in [0.25, 0.3) is 0 Å². The molecule has 0 N–H and O–H groups in total. The van der Waals surface area contributed by atoms with E-state index in [1.165, 1.54) is 51.4 Å². The molecule has 0 heterocycles. The van der Waals surface area contributed by atoms with Gasteiger partial charge in [-0.1, -0.05) is 0 Å². The molecule has 0 saturated carbocycles. The first-order valence-corrected chi connectivity index (χ1v) is 18.3. The molecule has 0 aromatic rings. The summed E-state index contributed by atoms with van der Waals surface area (Å²) in [5.41, 5.74) is 7.25. The van der Waals surface area contributed by atoms with Gasteiger partial charge in [0.25, 0.3) is 0 Å². The molecular formula is C20H28Cl2SiZr-2. The molecular weight excluding hydrogens is 430 g/mol. The summed E-state index contributed by atoms with van der Waals surface area (Å²) >= 11 is -1.48. The second-order valence-electron chi connectivity index (χ2n) is 7.64. The second kappa shape index (κ2) is 9.03. The third-order valence-electron chi connectivity index (χ3n) is 6.09. The van der Waals surface area contributed by atoms with Crippen LogP contribution < -0.4 is 24.8 Å². The van der Waals surface area contributed by atoms with E-state index >= 15 is 0 Å². The van der Waals surface area contributed by atoms with Crippen LogP contribution >= 0.6 is 0 Å². The van der Waals surface area contributed by atoms with Gasteiger partial charge in [0.05, 0.1) is 0 Å². The van der Waals surface area contributed by atoms with E-state index in [0.29, 0.717) is 0 Å². The van der Waals surface area contributed by atoms with Gasteiger partial charge < -0.3 is 24.8 Å². The van der Waals surface area contributed by atoms with Crippen molar-refractivity contribution >= 4 is 5.43 Å². The van der Waals surface area contributed by atoms with Crippen molar-refractivity contribution in [2.24, 2.45) is 0 Å². The van der Waals surface area contributed by atoms with Gasteiger partial charge in [-0.2, -0.15) is 0 Å². The standard InChI is InChI=1S/2C9H11.C2H6Si.2ClH.Zr/c2*1-2-5-9-7-3-6-8(9)4-1;1-3-2;;;/h2*3,6-7H,1-2,4-5H2;1-2H3;2*1H;/p-2. The average molecular weight is 459 g/mol. The Morgan fingerprint density at radius 3 is 1.58 bits per heavy atom. The number of hydrogen-bond acceptors (Lipinski definition) is 0. The van der Waals surface area contributed by atoms with Crippen molar-refractivity contribution < 1.29 is 45.2 Å². The van der Waals surface area contributed by atoms with Crippen LogP contribution in [0.1, 0.15) is 51.4 Å². The molecule has 4 aliphatic carbocycles. The van der Waals surface area contributed by atoms with E-state index in [0.717, 1.165) is 7.25 Å². The fourth-order valence-electron chi connectivity index (χ4n) is 5.05. The fourth-order valence-corrected chi connectivity index (χ4v) is 24.6. The van der Waals surface area contributed by atoms with Crippen molar-refractivity contribution in [1.82, 2.24) is 0 Å². The van der Waals surface area contributed by atoms with E-state index in [2.05, 4.69) is 37.4 Å². The zero-order valence-electron chi connectivity index (χ0n) is 14.9. The third kappa shape index (κ3) is 3.83. The molecule has 2 unspecified atom stereocenters. The predicted molar refractivity (Wildman–Crippen MR) is 94.3 cm³/mol. The molecule has 0 bridgehead atoms. The predicted octanol–water partition coefficient (Wildman–Crippen LogP) is 0.322. The molecule has 132 valence electrons. The van der Waals surface area contributed by atoms with Gasteiger partial charge in [-0.15, -0.1) is 0 Å². The van der Waals surface area contributed by atoms with Gasteiger partial charge >= 0.3 is 144 Å². The summed E-state index contributed by atoms with van der Waals surface area (Å²) in [5.74, 6) is 0. The third-order valence-corrected chi connectivity index (χ3v) is 25.4. The quantitative estimate of drug-likeness (QED) is 0.523. The van der Waals surface area contributed by atoms with Gasteiger partial charge in [-0.05, 0) is 0 Å². The van der Waals surface area contributed by atoms with E-state index in [4.69, 9.17) is 0 Å². The average Bonchev–Trinajstić information content (AvgIpc) is 3.13. The largest absolute Gasteiger partial charge is 1.00 e. The van der Waals surface area contributed by atoms with Gasteiger partial charge in [-0.3, -0.25) is 0 Å². The van der Waals surface area contributed by atoms with Crippen molar-refractivity contribution in [2.75, 3.05) is 0 Å². The summed E-state index contributed by atoms with van der Waals surface area (Å²) < 4.78 is 1.93. The van der Waals surface area contributed by atoms with Crippen LogP contribution in [-0.2, 0) is 20.4 Å². The molecule has 24 heavy (non-hydrogen) atoms. The molecule has 0 radical (unpaired) electrons. The summed E-state index contributed by atoms with van der Waals surface area (Å²) in [7, 11) is 0. The van der Waals surface area contributed by atoms with Crippen LogP contribution in [0.15, 0.2) is 46.6 Å². The van der Waals surface area contributed by atoms with E-state index in [9.17, 15) is 0 Å². The Hall–Kier alpha value is 0.640. The van der Waals surface area contributed by atoms with E-state index in [1.807, 2.05) is 11.1 Å². The molecule has 4 heteroatoms. The second-order valence-corrected chi connectivity index (χ2v) is 25.7. The topological polar surface area (TPSA) is 0 Å². The molecule has 0 fully saturated rings. The van der Waals surface area contributed by atoms with E-state index in [1.54, 1.807) is 11.1 Å². The molecule has 0 aromatic carbocycles. The maximum atomic E-state index is 2.68.